The van der Waals surface area contributed by atoms with Crippen LogP contribution < -0.4 is 11.1 Å². The van der Waals surface area contributed by atoms with Crippen LogP contribution in [0.3, 0.4) is 0 Å². The minimum absolute atomic E-state index is 0.604. The molecule has 0 radical (unpaired) electrons. The fourth-order valence-electron chi connectivity index (χ4n) is 2.60. The number of hydrogen-bond donors (Lipinski definition) is 2. The molecule has 4 nitrogen and oxygen atoms in total. The topological polar surface area (TPSA) is 63.8 Å². The number of aryl methyl sites for hydroxylation is 1. The Hall–Kier alpha value is -1.68. The molecule has 1 atom stereocenters. The van der Waals surface area contributed by atoms with Crippen molar-refractivity contribution in [3.63, 3.8) is 0 Å². The van der Waals surface area contributed by atoms with E-state index in [0.29, 0.717) is 5.92 Å². The third kappa shape index (κ3) is 3.45. The first kappa shape index (κ1) is 14.7. The molecule has 0 saturated carbocycles. The maximum atomic E-state index is 5.68. The van der Waals surface area contributed by atoms with Gasteiger partial charge in [-0.3, -0.25) is 0 Å². The predicted molar refractivity (Wildman–Crippen MR) is 84.8 cm³/mol. The predicted octanol–water partition coefficient (Wildman–Crippen LogP) is 3.12. The number of nitrogens with one attached hydrogen (secondary N) is 1. The summed E-state index contributed by atoms with van der Waals surface area (Å²) in [6.07, 6.45) is 3.44. The van der Waals surface area contributed by atoms with Gasteiger partial charge in [0.25, 0.3) is 0 Å². The molecule has 0 spiro atoms. The van der Waals surface area contributed by atoms with Gasteiger partial charge in [-0.05, 0) is 32.2 Å². The summed E-state index contributed by atoms with van der Waals surface area (Å²) >= 11 is 0. The molecular weight excluding hydrogens is 248 g/mol. The van der Waals surface area contributed by atoms with Crippen molar-refractivity contribution >= 4 is 16.6 Å². The molecule has 0 aliphatic heterocycles. The Kier molecular flexibility index (Phi) is 5.30. The first-order valence-electron chi connectivity index (χ1n) is 7.42. The largest absolute Gasteiger partial charge is 0.368 e. The Bertz CT molecular complexity index is 547. The van der Waals surface area contributed by atoms with Crippen molar-refractivity contribution in [1.82, 2.24) is 10.2 Å². The van der Waals surface area contributed by atoms with Crippen LogP contribution in [0.4, 0.5) is 5.82 Å². The van der Waals surface area contributed by atoms with Crippen LogP contribution in [0.1, 0.15) is 31.9 Å². The van der Waals surface area contributed by atoms with Gasteiger partial charge in [0.1, 0.15) is 0 Å². The average molecular weight is 272 g/mol. The van der Waals surface area contributed by atoms with Crippen molar-refractivity contribution in [2.24, 2.45) is 11.7 Å². The van der Waals surface area contributed by atoms with E-state index in [4.69, 9.17) is 5.73 Å². The Morgan fingerprint density at radius 1 is 1.15 bits per heavy atom. The van der Waals surface area contributed by atoms with E-state index in [9.17, 15) is 0 Å². The molecule has 0 bridgehead atoms. The summed E-state index contributed by atoms with van der Waals surface area (Å²) in [5.74, 6) is 1.48. The standard InChI is InChI=1S/C16H24N4/c1-3-6-13(9-10-17)11-18-16-15-8-5-4-7-14(15)12(2)19-20-16/h4-5,7-8,13H,3,6,9-11,17H2,1-2H3,(H,18,20). The average Bonchev–Trinajstić information content (AvgIpc) is 2.47. The van der Waals surface area contributed by atoms with Gasteiger partial charge in [0.15, 0.2) is 5.82 Å². The van der Waals surface area contributed by atoms with Crippen LogP contribution in [0.15, 0.2) is 24.3 Å². The van der Waals surface area contributed by atoms with Crippen molar-refractivity contribution in [1.29, 1.82) is 0 Å². The summed E-state index contributed by atoms with van der Waals surface area (Å²) in [6.45, 7) is 5.86. The van der Waals surface area contributed by atoms with E-state index < -0.39 is 0 Å². The first-order chi connectivity index (χ1) is 9.76. The second-order valence-corrected chi connectivity index (χ2v) is 5.29. The zero-order chi connectivity index (χ0) is 14.4. The smallest absolute Gasteiger partial charge is 0.156 e. The van der Waals surface area contributed by atoms with E-state index in [1.165, 1.54) is 12.8 Å². The van der Waals surface area contributed by atoms with Gasteiger partial charge in [0, 0.05) is 17.3 Å². The van der Waals surface area contributed by atoms with Crippen LogP contribution in [0.25, 0.3) is 10.8 Å². The van der Waals surface area contributed by atoms with Gasteiger partial charge in [-0.1, -0.05) is 37.6 Å². The normalized spacial score (nSPS) is 12.6. The summed E-state index contributed by atoms with van der Waals surface area (Å²) in [4.78, 5) is 0. The summed E-state index contributed by atoms with van der Waals surface area (Å²) in [7, 11) is 0. The van der Waals surface area contributed by atoms with Crippen molar-refractivity contribution in [2.75, 3.05) is 18.4 Å². The first-order valence-corrected chi connectivity index (χ1v) is 7.42. The molecule has 108 valence electrons. The second kappa shape index (κ2) is 7.20. The lowest BCUT2D eigenvalue weighted by molar-refractivity contribution is 0.473. The molecule has 2 rings (SSSR count). The van der Waals surface area contributed by atoms with E-state index in [0.717, 1.165) is 41.8 Å². The number of aromatic nitrogens is 2. The highest BCUT2D eigenvalue weighted by molar-refractivity contribution is 5.92. The molecule has 3 N–H and O–H groups in total. The molecule has 4 heteroatoms. The van der Waals surface area contributed by atoms with Gasteiger partial charge in [0.05, 0.1) is 5.69 Å². The van der Waals surface area contributed by atoms with Gasteiger partial charge in [-0.2, -0.15) is 5.10 Å². The summed E-state index contributed by atoms with van der Waals surface area (Å²) < 4.78 is 0. The fourth-order valence-corrected chi connectivity index (χ4v) is 2.60. The van der Waals surface area contributed by atoms with Gasteiger partial charge in [0.2, 0.25) is 0 Å². The van der Waals surface area contributed by atoms with E-state index in [1.807, 2.05) is 19.1 Å². The molecular formula is C16H24N4. The van der Waals surface area contributed by atoms with Gasteiger partial charge in [-0.25, -0.2) is 0 Å². The Morgan fingerprint density at radius 2 is 1.90 bits per heavy atom. The van der Waals surface area contributed by atoms with Crippen LogP contribution in [-0.4, -0.2) is 23.3 Å². The number of fused-ring (bicyclic) bond motifs is 1. The molecule has 1 aromatic heterocycles. The zero-order valence-electron chi connectivity index (χ0n) is 12.4. The monoisotopic (exact) mass is 272 g/mol. The number of nitrogens with zero attached hydrogens (tertiary/aromatic N) is 2. The molecule has 2 aromatic rings. The van der Waals surface area contributed by atoms with Gasteiger partial charge >= 0.3 is 0 Å². The van der Waals surface area contributed by atoms with Crippen LogP contribution in [0.5, 0.6) is 0 Å². The fraction of sp³-hybridized carbons (Fsp3) is 0.500. The van der Waals surface area contributed by atoms with Crippen LogP contribution >= 0.6 is 0 Å². The summed E-state index contributed by atoms with van der Waals surface area (Å²) in [6, 6.07) is 8.26. The number of anilines is 1. The molecule has 1 unspecified atom stereocenters. The Balaban J connectivity index is 2.15. The summed E-state index contributed by atoms with van der Waals surface area (Å²) in [5, 5.41) is 14.3. The lowest BCUT2D eigenvalue weighted by Gasteiger charge is -2.17. The molecule has 0 fully saturated rings. The number of nitrogens with two attached hydrogens (primary N) is 1. The van der Waals surface area contributed by atoms with E-state index >= 15 is 0 Å². The number of benzene rings is 1. The summed E-state index contributed by atoms with van der Waals surface area (Å²) in [5.41, 5.74) is 6.65. The highest BCUT2D eigenvalue weighted by Gasteiger charge is 2.10. The lowest BCUT2D eigenvalue weighted by Crippen LogP contribution is -2.18. The number of rotatable bonds is 7. The molecule has 0 aliphatic rings. The molecule has 0 saturated heterocycles. The van der Waals surface area contributed by atoms with Crippen LogP contribution in [0.2, 0.25) is 0 Å². The quantitative estimate of drug-likeness (QED) is 0.813. The molecule has 1 heterocycles. The van der Waals surface area contributed by atoms with Gasteiger partial charge in [-0.15, -0.1) is 5.10 Å². The Labute approximate surface area is 120 Å². The Morgan fingerprint density at radius 3 is 2.60 bits per heavy atom. The lowest BCUT2D eigenvalue weighted by atomic mass is 10.00. The highest BCUT2D eigenvalue weighted by atomic mass is 15.2. The molecule has 0 amide bonds. The third-order valence-corrected chi connectivity index (χ3v) is 3.70. The van der Waals surface area contributed by atoms with E-state index in [-0.39, 0.29) is 0 Å². The maximum Gasteiger partial charge on any atom is 0.156 e. The van der Waals surface area contributed by atoms with Crippen molar-refractivity contribution in [3.8, 4) is 0 Å². The second-order valence-electron chi connectivity index (χ2n) is 5.29. The number of hydrogen-bond acceptors (Lipinski definition) is 4. The molecule has 20 heavy (non-hydrogen) atoms. The molecule has 0 aliphatic carbocycles. The minimum Gasteiger partial charge on any atom is -0.368 e. The minimum atomic E-state index is 0.604. The van der Waals surface area contributed by atoms with Crippen molar-refractivity contribution in [3.05, 3.63) is 30.0 Å². The van der Waals surface area contributed by atoms with Gasteiger partial charge < -0.3 is 11.1 Å². The van der Waals surface area contributed by atoms with E-state index in [1.54, 1.807) is 0 Å². The van der Waals surface area contributed by atoms with Crippen LogP contribution in [0, 0.1) is 12.8 Å². The SMILES string of the molecule is CCCC(CCN)CNc1nnc(C)c2ccccc12. The van der Waals surface area contributed by atoms with Crippen LogP contribution in [-0.2, 0) is 0 Å². The highest BCUT2D eigenvalue weighted by Crippen LogP contribution is 2.23. The van der Waals surface area contributed by atoms with Crippen molar-refractivity contribution in [2.45, 2.75) is 33.1 Å². The third-order valence-electron chi connectivity index (χ3n) is 3.70. The van der Waals surface area contributed by atoms with E-state index in [2.05, 4.69) is 34.6 Å². The zero-order valence-corrected chi connectivity index (χ0v) is 12.4. The molecule has 1 aromatic carbocycles. The van der Waals surface area contributed by atoms with Crippen molar-refractivity contribution < 1.29 is 0 Å². The maximum absolute atomic E-state index is 5.68.